The van der Waals surface area contributed by atoms with Crippen molar-refractivity contribution in [1.29, 1.82) is 0 Å². The van der Waals surface area contributed by atoms with Gasteiger partial charge in [0.2, 0.25) is 9.84 Å². The summed E-state index contributed by atoms with van der Waals surface area (Å²) in [6, 6.07) is 3.10. The van der Waals surface area contributed by atoms with Crippen LogP contribution in [0.3, 0.4) is 0 Å². The van der Waals surface area contributed by atoms with Gasteiger partial charge in [-0.1, -0.05) is 6.07 Å². The summed E-state index contributed by atoms with van der Waals surface area (Å²) in [4.78, 5) is 11.1. The summed E-state index contributed by atoms with van der Waals surface area (Å²) in [5.41, 5.74) is 0. The fourth-order valence-electron chi connectivity index (χ4n) is 0.892. The molecule has 0 aliphatic carbocycles. The molecule has 0 amide bonds. The van der Waals surface area contributed by atoms with Crippen LogP contribution in [-0.2, 0) is 19.4 Å². The lowest BCUT2D eigenvalue weighted by atomic mass is 10.5. The summed E-state index contributed by atoms with van der Waals surface area (Å²) < 4.78 is 28.0. The van der Waals surface area contributed by atoms with Gasteiger partial charge in [-0.25, -0.2) is 8.42 Å². The maximum Gasteiger partial charge on any atom is 0.324 e. The third-order valence-corrected chi connectivity index (χ3v) is 5.24. The largest absolute Gasteiger partial charge is 0.468 e. The molecule has 0 radical (unpaired) electrons. The molecule has 1 atom stereocenters. The van der Waals surface area contributed by atoms with Gasteiger partial charge in [-0.2, -0.15) is 0 Å². The highest BCUT2D eigenvalue weighted by molar-refractivity contribution is 7.94. The zero-order valence-corrected chi connectivity index (χ0v) is 9.39. The Morgan fingerprint density at radius 1 is 1.57 bits per heavy atom. The molecule has 6 heteroatoms. The van der Waals surface area contributed by atoms with Crippen LogP contribution in [0.4, 0.5) is 0 Å². The lowest BCUT2D eigenvalue weighted by Gasteiger charge is -2.08. The molecular weight excluding hydrogens is 224 g/mol. The first-order valence-corrected chi connectivity index (χ1v) is 6.28. The van der Waals surface area contributed by atoms with Gasteiger partial charge in [-0.3, -0.25) is 4.79 Å². The summed E-state index contributed by atoms with van der Waals surface area (Å²) in [6.45, 7) is 1.32. The second kappa shape index (κ2) is 4.10. The normalized spacial score (nSPS) is 13.6. The van der Waals surface area contributed by atoms with E-state index in [-0.39, 0.29) is 4.21 Å². The Morgan fingerprint density at radius 3 is 2.64 bits per heavy atom. The lowest BCUT2D eigenvalue weighted by molar-refractivity contribution is -0.139. The van der Waals surface area contributed by atoms with Crippen LogP contribution in [0.2, 0.25) is 0 Å². The molecule has 1 aromatic heterocycles. The van der Waals surface area contributed by atoms with Crippen LogP contribution in [0.5, 0.6) is 0 Å². The van der Waals surface area contributed by atoms with Crippen molar-refractivity contribution in [3.63, 3.8) is 0 Å². The van der Waals surface area contributed by atoms with Crippen molar-refractivity contribution in [1.82, 2.24) is 0 Å². The van der Waals surface area contributed by atoms with E-state index in [1.54, 1.807) is 11.4 Å². The lowest BCUT2D eigenvalue weighted by Crippen LogP contribution is -2.27. The first-order valence-electron chi connectivity index (χ1n) is 3.85. The van der Waals surface area contributed by atoms with E-state index in [1.807, 2.05) is 0 Å². The second-order valence-corrected chi connectivity index (χ2v) is 6.09. The molecule has 0 aromatic carbocycles. The number of thiophene rings is 1. The highest BCUT2D eigenvalue weighted by Gasteiger charge is 2.31. The van der Waals surface area contributed by atoms with Crippen LogP contribution < -0.4 is 0 Å². The fraction of sp³-hybridized carbons (Fsp3) is 0.375. The van der Waals surface area contributed by atoms with E-state index < -0.39 is 21.1 Å². The van der Waals surface area contributed by atoms with Gasteiger partial charge < -0.3 is 4.74 Å². The Hall–Kier alpha value is -0.880. The van der Waals surface area contributed by atoms with Crippen molar-refractivity contribution >= 4 is 27.1 Å². The average molecular weight is 234 g/mol. The zero-order chi connectivity index (χ0) is 10.8. The molecular formula is C8H10O4S2. The molecule has 1 aromatic rings. The van der Waals surface area contributed by atoms with Gasteiger partial charge in [-0.15, -0.1) is 11.3 Å². The van der Waals surface area contributed by atoms with Crippen LogP contribution in [0.25, 0.3) is 0 Å². The molecule has 4 nitrogen and oxygen atoms in total. The first-order chi connectivity index (χ1) is 6.50. The maximum absolute atomic E-state index is 11.7. The number of methoxy groups -OCH3 is 1. The minimum absolute atomic E-state index is 0.190. The molecule has 78 valence electrons. The summed E-state index contributed by atoms with van der Waals surface area (Å²) in [7, 11) is -2.39. The molecule has 0 saturated carbocycles. The SMILES string of the molecule is COC(=O)C(C)S(=O)(=O)c1cccs1. The Balaban J connectivity index is 3.03. The second-order valence-electron chi connectivity index (χ2n) is 2.64. The van der Waals surface area contributed by atoms with Gasteiger partial charge in [-0.05, 0) is 18.4 Å². The number of carbonyl (C=O) groups is 1. The first kappa shape index (κ1) is 11.2. The van der Waals surface area contributed by atoms with Gasteiger partial charge in [0.25, 0.3) is 0 Å². The fourth-order valence-corrected chi connectivity index (χ4v) is 3.44. The summed E-state index contributed by atoms with van der Waals surface area (Å²) in [6.07, 6.45) is 0. The van der Waals surface area contributed by atoms with Crippen LogP contribution in [0, 0.1) is 0 Å². The van der Waals surface area contributed by atoms with Crippen molar-refractivity contribution in [2.75, 3.05) is 7.11 Å². The molecule has 1 rings (SSSR count). The van der Waals surface area contributed by atoms with Gasteiger partial charge in [0.15, 0.2) is 5.25 Å². The highest BCUT2D eigenvalue weighted by Crippen LogP contribution is 2.21. The van der Waals surface area contributed by atoms with Crippen molar-refractivity contribution in [3.8, 4) is 0 Å². The standard InChI is InChI=1S/C8H10O4S2/c1-6(8(9)12-2)14(10,11)7-4-3-5-13-7/h3-6H,1-2H3. The number of hydrogen-bond donors (Lipinski definition) is 0. The van der Waals surface area contributed by atoms with E-state index >= 15 is 0 Å². The molecule has 0 N–H and O–H groups in total. The van der Waals surface area contributed by atoms with E-state index in [1.165, 1.54) is 20.1 Å². The number of ether oxygens (including phenoxy) is 1. The van der Waals surface area contributed by atoms with E-state index in [4.69, 9.17) is 0 Å². The summed E-state index contributed by atoms with van der Waals surface area (Å²) >= 11 is 1.09. The van der Waals surface area contributed by atoms with Gasteiger partial charge >= 0.3 is 5.97 Å². The Morgan fingerprint density at radius 2 is 2.21 bits per heavy atom. The highest BCUT2D eigenvalue weighted by atomic mass is 32.2. The maximum atomic E-state index is 11.7. The van der Waals surface area contributed by atoms with Crippen LogP contribution >= 0.6 is 11.3 Å². The van der Waals surface area contributed by atoms with Crippen LogP contribution in [0.1, 0.15) is 6.92 Å². The molecule has 1 unspecified atom stereocenters. The van der Waals surface area contributed by atoms with E-state index in [2.05, 4.69) is 4.74 Å². The van der Waals surface area contributed by atoms with E-state index in [0.29, 0.717) is 0 Å². The van der Waals surface area contributed by atoms with E-state index in [0.717, 1.165) is 11.3 Å². The molecule has 14 heavy (non-hydrogen) atoms. The average Bonchev–Trinajstić information content (AvgIpc) is 2.68. The third-order valence-electron chi connectivity index (χ3n) is 1.77. The molecule has 0 aliphatic rings. The number of rotatable bonds is 3. The number of hydrogen-bond acceptors (Lipinski definition) is 5. The molecule has 0 spiro atoms. The monoisotopic (exact) mass is 234 g/mol. The van der Waals surface area contributed by atoms with Gasteiger partial charge in [0.1, 0.15) is 4.21 Å². The van der Waals surface area contributed by atoms with Crippen molar-refractivity contribution < 1.29 is 17.9 Å². The smallest absolute Gasteiger partial charge is 0.324 e. The Kier molecular flexibility index (Phi) is 3.28. The Bertz CT molecular complexity index is 405. The van der Waals surface area contributed by atoms with E-state index in [9.17, 15) is 13.2 Å². The van der Waals surface area contributed by atoms with Crippen molar-refractivity contribution in [2.45, 2.75) is 16.4 Å². The molecule has 0 fully saturated rings. The van der Waals surface area contributed by atoms with Crippen molar-refractivity contribution in [2.24, 2.45) is 0 Å². The van der Waals surface area contributed by atoms with Gasteiger partial charge in [0, 0.05) is 0 Å². The Labute approximate surface area is 86.4 Å². The zero-order valence-electron chi connectivity index (χ0n) is 7.76. The predicted molar refractivity (Wildman–Crippen MR) is 53.0 cm³/mol. The van der Waals surface area contributed by atoms with Gasteiger partial charge in [0.05, 0.1) is 7.11 Å². The predicted octanol–water partition coefficient (Wildman–Crippen LogP) is 1.08. The summed E-state index contributed by atoms with van der Waals surface area (Å²) in [5.74, 6) is -0.738. The quantitative estimate of drug-likeness (QED) is 0.734. The molecule has 0 saturated heterocycles. The topological polar surface area (TPSA) is 60.4 Å². The molecule has 0 bridgehead atoms. The molecule has 1 heterocycles. The minimum atomic E-state index is -3.56. The third kappa shape index (κ3) is 1.96. The van der Waals surface area contributed by atoms with Crippen LogP contribution in [0.15, 0.2) is 21.7 Å². The van der Waals surface area contributed by atoms with Crippen LogP contribution in [-0.4, -0.2) is 26.7 Å². The number of esters is 1. The minimum Gasteiger partial charge on any atom is -0.468 e. The number of sulfone groups is 1. The number of carbonyl (C=O) groups excluding carboxylic acids is 1. The summed E-state index contributed by atoms with van der Waals surface area (Å²) in [5, 5.41) is 0.503. The molecule has 0 aliphatic heterocycles. The van der Waals surface area contributed by atoms with Crippen molar-refractivity contribution in [3.05, 3.63) is 17.5 Å².